The molecule has 0 unspecified atom stereocenters. The number of amides is 1. The molecule has 1 saturated carbocycles. The fraction of sp³-hybridized carbons (Fsp3) is 0.900. The average Bonchev–Trinajstić information content (AvgIpc) is 2.65. The quantitative estimate of drug-likeness (QED) is 0.533. The monoisotopic (exact) mass is 199 g/mol. The van der Waals surface area contributed by atoms with Crippen molar-refractivity contribution in [3.8, 4) is 0 Å². The lowest BCUT2D eigenvalue weighted by Crippen LogP contribution is -2.41. The second-order valence-electron chi connectivity index (χ2n) is 3.83. The first kappa shape index (κ1) is 11.5. The van der Waals surface area contributed by atoms with E-state index in [4.69, 9.17) is 0 Å². The van der Waals surface area contributed by atoms with Crippen molar-refractivity contribution in [3.05, 3.63) is 0 Å². The molecule has 3 N–H and O–H groups in total. The van der Waals surface area contributed by atoms with Gasteiger partial charge in [-0.2, -0.15) is 0 Å². The highest BCUT2D eigenvalue weighted by Crippen LogP contribution is 2.25. The van der Waals surface area contributed by atoms with E-state index in [1.165, 1.54) is 0 Å². The Kier molecular flexibility index (Phi) is 4.90. The Morgan fingerprint density at radius 1 is 1.29 bits per heavy atom. The largest absolute Gasteiger partial charge is 0.355 e. The Bertz CT molecular complexity index is 184. The molecule has 0 saturated heterocycles. The molecule has 14 heavy (non-hydrogen) atoms. The Hall–Kier alpha value is -0.610. The van der Waals surface area contributed by atoms with Gasteiger partial charge in [-0.15, -0.1) is 0 Å². The molecule has 0 spiro atoms. The van der Waals surface area contributed by atoms with Gasteiger partial charge in [0.1, 0.15) is 0 Å². The highest BCUT2D eigenvalue weighted by atomic mass is 16.1. The Balaban J connectivity index is 2.28. The number of hydrogen-bond donors (Lipinski definition) is 3. The van der Waals surface area contributed by atoms with Crippen LogP contribution in [0.15, 0.2) is 0 Å². The van der Waals surface area contributed by atoms with E-state index >= 15 is 0 Å². The normalized spacial score (nSPS) is 26.4. The molecule has 4 nitrogen and oxygen atoms in total. The SMILES string of the molecule is CNCCNC(=O)[C@@H]1CCC[C@H]1NC. The summed E-state index contributed by atoms with van der Waals surface area (Å²) in [4.78, 5) is 11.7. The van der Waals surface area contributed by atoms with Crippen LogP contribution in [0.25, 0.3) is 0 Å². The van der Waals surface area contributed by atoms with Gasteiger partial charge in [0, 0.05) is 19.1 Å². The van der Waals surface area contributed by atoms with Crippen LogP contribution in [0.5, 0.6) is 0 Å². The van der Waals surface area contributed by atoms with E-state index in [0.717, 1.165) is 32.4 Å². The molecule has 1 rings (SSSR count). The molecular formula is C10H21N3O. The van der Waals surface area contributed by atoms with Gasteiger partial charge in [0.15, 0.2) is 0 Å². The molecule has 0 radical (unpaired) electrons. The van der Waals surface area contributed by atoms with Crippen LogP contribution in [-0.2, 0) is 4.79 Å². The van der Waals surface area contributed by atoms with Crippen LogP contribution in [0.2, 0.25) is 0 Å². The summed E-state index contributed by atoms with van der Waals surface area (Å²) in [5.74, 6) is 0.383. The third-order valence-electron chi connectivity index (χ3n) is 2.90. The van der Waals surface area contributed by atoms with Crippen LogP contribution in [-0.4, -0.2) is 39.1 Å². The zero-order valence-electron chi connectivity index (χ0n) is 9.10. The minimum Gasteiger partial charge on any atom is -0.355 e. The zero-order chi connectivity index (χ0) is 10.4. The topological polar surface area (TPSA) is 53.2 Å². The Morgan fingerprint density at radius 3 is 2.71 bits per heavy atom. The van der Waals surface area contributed by atoms with Crippen LogP contribution in [0, 0.1) is 5.92 Å². The summed E-state index contributed by atoms with van der Waals surface area (Å²) in [6.45, 7) is 1.56. The molecule has 1 aliphatic rings. The molecule has 0 bridgehead atoms. The lowest BCUT2D eigenvalue weighted by molar-refractivity contribution is -0.125. The van der Waals surface area contributed by atoms with E-state index < -0.39 is 0 Å². The number of carbonyl (C=O) groups is 1. The van der Waals surface area contributed by atoms with E-state index in [1.807, 2.05) is 14.1 Å². The fourth-order valence-electron chi connectivity index (χ4n) is 2.06. The van der Waals surface area contributed by atoms with Gasteiger partial charge in [0.05, 0.1) is 5.92 Å². The zero-order valence-corrected chi connectivity index (χ0v) is 9.10. The summed E-state index contributed by atoms with van der Waals surface area (Å²) in [6.07, 6.45) is 3.31. The molecule has 82 valence electrons. The minimum absolute atomic E-state index is 0.178. The second kappa shape index (κ2) is 5.98. The van der Waals surface area contributed by atoms with Crippen LogP contribution in [0.1, 0.15) is 19.3 Å². The Morgan fingerprint density at radius 2 is 2.07 bits per heavy atom. The van der Waals surface area contributed by atoms with E-state index in [1.54, 1.807) is 0 Å². The highest BCUT2D eigenvalue weighted by molar-refractivity contribution is 5.79. The van der Waals surface area contributed by atoms with Gasteiger partial charge in [-0.05, 0) is 26.9 Å². The number of nitrogens with one attached hydrogen (secondary N) is 3. The van der Waals surface area contributed by atoms with Gasteiger partial charge in [0.2, 0.25) is 5.91 Å². The first-order chi connectivity index (χ1) is 6.79. The molecule has 1 aliphatic carbocycles. The maximum absolute atomic E-state index is 11.7. The average molecular weight is 199 g/mol. The third-order valence-corrected chi connectivity index (χ3v) is 2.90. The lowest BCUT2D eigenvalue weighted by atomic mass is 10.0. The van der Waals surface area contributed by atoms with Gasteiger partial charge in [-0.1, -0.05) is 6.42 Å². The first-order valence-corrected chi connectivity index (χ1v) is 5.39. The van der Waals surface area contributed by atoms with Crippen molar-refractivity contribution in [3.63, 3.8) is 0 Å². The molecule has 1 amide bonds. The predicted octanol–water partition coefficient (Wildman–Crippen LogP) is -0.290. The van der Waals surface area contributed by atoms with Crippen molar-refractivity contribution in [2.45, 2.75) is 25.3 Å². The molecule has 4 heteroatoms. The van der Waals surface area contributed by atoms with Gasteiger partial charge in [-0.3, -0.25) is 4.79 Å². The van der Waals surface area contributed by atoms with Crippen molar-refractivity contribution in [2.24, 2.45) is 5.92 Å². The van der Waals surface area contributed by atoms with Gasteiger partial charge in [-0.25, -0.2) is 0 Å². The maximum atomic E-state index is 11.7. The summed E-state index contributed by atoms with van der Waals surface area (Å²) in [6, 6.07) is 0.379. The smallest absolute Gasteiger partial charge is 0.224 e. The number of carbonyl (C=O) groups excluding carboxylic acids is 1. The van der Waals surface area contributed by atoms with Gasteiger partial charge in [0.25, 0.3) is 0 Å². The van der Waals surface area contributed by atoms with Gasteiger partial charge >= 0.3 is 0 Å². The van der Waals surface area contributed by atoms with Crippen molar-refractivity contribution in [1.29, 1.82) is 0 Å². The third kappa shape index (κ3) is 2.96. The van der Waals surface area contributed by atoms with E-state index in [9.17, 15) is 4.79 Å². The predicted molar refractivity (Wildman–Crippen MR) is 57.1 cm³/mol. The summed E-state index contributed by atoms with van der Waals surface area (Å²) in [5.41, 5.74) is 0. The Labute approximate surface area is 85.8 Å². The van der Waals surface area contributed by atoms with Crippen molar-refractivity contribution in [2.75, 3.05) is 27.2 Å². The fourth-order valence-corrected chi connectivity index (χ4v) is 2.06. The molecule has 0 aromatic heterocycles. The lowest BCUT2D eigenvalue weighted by Gasteiger charge is -2.18. The van der Waals surface area contributed by atoms with Crippen LogP contribution in [0.4, 0.5) is 0 Å². The summed E-state index contributed by atoms with van der Waals surface area (Å²) in [7, 11) is 3.82. The van der Waals surface area contributed by atoms with Crippen molar-refractivity contribution in [1.82, 2.24) is 16.0 Å². The molecule has 1 fully saturated rings. The minimum atomic E-state index is 0.178. The molecule has 0 heterocycles. The number of rotatable bonds is 5. The number of hydrogen-bond acceptors (Lipinski definition) is 3. The highest BCUT2D eigenvalue weighted by Gasteiger charge is 2.31. The molecular weight excluding hydrogens is 178 g/mol. The molecule has 0 aromatic rings. The molecule has 2 atom stereocenters. The van der Waals surface area contributed by atoms with E-state index in [-0.39, 0.29) is 11.8 Å². The maximum Gasteiger partial charge on any atom is 0.224 e. The number of likely N-dealkylation sites (N-methyl/N-ethyl adjacent to an activating group) is 1. The van der Waals surface area contributed by atoms with Crippen LogP contribution in [0.3, 0.4) is 0 Å². The van der Waals surface area contributed by atoms with E-state index in [2.05, 4.69) is 16.0 Å². The van der Waals surface area contributed by atoms with Crippen LogP contribution >= 0.6 is 0 Å². The first-order valence-electron chi connectivity index (χ1n) is 5.39. The molecule has 0 aromatic carbocycles. The van der Waals surface area contributed by atoms with Crippen LogP contribution < -0.4 is 16.0 Å². The van der Waals surface area contributed by atoms with Gasteiger partial charge < -0.3 is 16.0 Å². The van der Waals surface area contributed by atoms with Crippen molar-refractivity contribution < 1.29 is 4.79 Å². The summed E-state index contributed by atoms with van der Waals surface area (Å²) in [5, 5.41) is 9.17. The second-order valence-corrected chi connectivity index (χ2v) is 3.83. The summed E-state index contributed by atoms with van der Waals surface area (Å²) < 4.78 is 0. The summed E-state index contributed by atoms with van der Waals surface area (Å²) >= 11 is 0. The van der Waals surface area contributed by atoms with E-state index in [0.29, 0.717) is 6.04 Å². The van der Waals surface area contributed by atoms with Crippen molar-refractivity contribution >= 4 is 5.91 Å². The molecule has 0 aliphatic heterocycles. The standard InChI is InChI=1S/C10H21N3O/c1-11-6-7-13-10(14)8-4-3-5-9(8)12-2/h8-9,11-12H,3-7H2,1-2H3,(H,13,14)/t8-,9-/m1/s1.